The highest BCUT2D eigenvalue weighted by molar-refractivity contribution is 7.90. The van der Waals surface area contributed by atoms with E-state index in [1.54, 1.807) is 11.8 Å². The maximum Gasteiger partial charge on any atom is 0.355 e. The molecule has 1 aliphatic heterocycles. The summed E-state index contributed by atoms with van der Waals surface area (Å²) in [4.78, 5) is 41.4. The predicted molar refractivity (Wildman–Crippen MR) is 150 cm³/mol. The van der Waals surface area contributed by atoms with Gasteiger partial charge in [-0.25, -0.2) is 35.9 Å². The molecule has 10 nitrogen and oxygen atoms in total. The van der Waals surface area contributed by atoms with Crippen molar-refractivity contribution < 1.29 is 26.4 Å². The minimum Gasteiger partial charge on any atom is -0.350 e. The van der Waals surface area contributed by atoms with E-state index in [9.17, 15) is 26.8 Å². The third-order valence-corrected chi connectivity index (χ3v) is 8.17. The lowest BCUT2D eigenvalue weighted by Crippen LogP contribution is -2.54. The quantitative estimate of drug-likeness (QED) is 0.321. The van der Waals surface area contributed by atoms with Crippen molar-refractivity contribution >= 4 is 32.6 Å². The van der Waals surface area contributed by atoms with Crippen molar-refractivity contribution in [2.24, 2.45) is 0 Å². The molecule has 0 N–H and O–H groups in total. The molecule has 5 rings (SSSR count). The van der Waals surface area contributed by atoms with Crippen LogP contribution in [0.15, 0.2) is 64.7 Å². The largest absolute Gasteiger partial charge is 0.355 e. The molecule has 4 aromatic rings. The Labute approximate surface area is 238 Å². The number of anilines is 1. The molecule has 1 aliphatic rings. The molecule has 0 radical (unpaired) electrons. The molecule has 0 unspecified atom stereocenters. The molecule has 0 aliphatic carbocycles. The lowest BCUT2D eigenvalue weighted by molar-refractivity contribution is -0.129. The summed E-state index contributed by atoms with van der Waals surface area (Å²) < 4.78 is 70.4. The van der Waals surface area contributed by atoms with E-state index in [-0.39, 0.29) is 58.3 Å². The van der Waals surface area contributed by atoms with Crippen molar-refractivity contribution in [1.82, 2.24) is 24.4 Å². The van der Waals surface area contributed by atoms with E-state index in [2.05, 4.69) is 21.5 Å². The minimum atomic E-state index is -3.90. The van der Waals surface area contributed by atoms with Crippen LogP contribution in [-0.4, -0.2) is 70.7 Å². The van der Waals surface area contributed by atoms with Crippen LogP contribution < -0.4 is 10.6 Å². The topological polar surface area (TPSA) is 118 Å². The Morgan fingerprint density at radius 3 is 2.45 bits per heavy atom. The average molecular weight is 599 g/mol. The molecule has 4 heterocycles. The second-order valence-electron chi connectivity index (χ2n) is 9.94. The summed E-state index contributed by atoms with van der Waals surface area (Å²) in [5.74, 6) is -3.63. The van der Waals surface area contributed by atoms with Crippen LogP contribution in [0.2, 0.25) is 0 Å². The molecular weight excluding hydrogens is 573 g/mol. The van der Waals surface area contributed by atoms with Crippen LogP contribution in [-0.2, 0) is 14.6 Å². The van der Waals surface area contributed by atoms with Gasteiger partial charge in [0.15, 0.2) is 21.3 Å². The van der Waals surface area contributed by atoms with Gasteiger partial charge >= 0.3 is 5.69 Å². The number of hydrogen-bond acceptors (Lipinski definition) is 8. The average Bonchev–Trinajstić information content (AvgIpc) is 2.92. The number of hydrogen-bond donors (Lipinski definition) is 0. The van der Waals surface area contributed by atoms with Crippen molar-refractivity contribution in [3.63, 3.8) is 0 Å². The minimum absolute atomic E-state index is 0.0128. The molecular formula is C28H25F3N6O4S. The van der Waals surface area contributed by atoms with E-state index in [1.807, 2.05) is 0 Å². The van der Waals surface area contributed by atoms with Crippen LogP contribution in [0.5, 0.6) is 0 Å². The summed E-state index contributed by atoms with van der Waals surface area (Å²) in [5.41, 5.74) is -1.68. The fourth-order valence-electron chi connectivity index (χ4n) is 5.10. The molecule has 1 saturated heterocycles. The second kappa shape index (κ2) is 10.7. The Bertz CT molecular complexity index is 1950. The van der Waals surface area contributed by atoms with Crippen molar-refractivity contribution in [1.29, 1.82) is 0 Å². The van der Waals surface area contributed by atoms with Gasteiger partial charge in [0.05, 0.1) is 21.7 Å². The third kappa shape index (κ3) is 5.02. The van der Waals surface area contributed by atoms with Gasteiger partial charge in [0, 0.05) is 43.7 Å². The van der Waals surface area contributed by atoms with Crippen LogP contribution in [0, 0.1) is 18.6 Å². The van der Waals surface area contributed by atoms with Gasteiger partial charge in [-0.2, -0.15) is 4.98 Å². The van der Waals surface area contributed by atoms with E-state index in [0.29, 0.717) is 0 Å². The number of sulfone groups is 1. The number of amides is 1. The van der Waals surface area contributed by atoms with Crippen LogP contribution in [0.1, 0.15) is 12.6 Å². The van der Waals surface area contributed by atoms with Crippen LogP contribution in [0.4, 0.5) is 19.0 Å². The molecule has 0 bridgehead atoms. The lowest BCUT2D eigenvalue weighted by atomic mass is 10.1. The normalized spacial score (nSPS) is 15.7. The standard InChI is InChI=1S/C28H25F3N6O4S/c1-15-14-35(27(38)16(2)29)11-12-36(15)25-19-13-21(31)23(18-7-5-6-8-20(18)30)33-26(19)37(28(39)34-25)24-17(3)32-10-9-22(24)42(4,40)41/h5-10,13,15H,2,11-12,14H2,1,3-4H3/t15-/m0/s1. The Kier molecular flexibility index (Phi) is 7.35. The Morgan fingerprint density at radius 1 is 1.10 bits per heavy atom. The highest BCUT2D eigenvalue weighted by Gasteiger charge is 2.32. The van der Waals surface area contributed by atoms with Gasteiger partial charge in [0.25, 0.3) is 5.91 Å². The fraction of sp³-hybridized carbons (Fsp3) is 0.250. The zero-order chi connectivity index (χ0) is 30.5. The monoisotopic (exact) mass is 598 g/mol. The Hall–Kier alpha value is -4.59. The maximum absolute atomic E-state index is 15.7. The fourth-order valence-corrected chi connectivity index (χ4v) is 6.00. The lowest BCUT2D eigenvalue weighted by Gasteiger charge is -2.40. The first-order chi connectivity index (χ1) is 19.8. The number of pyridine rings is 2. The summed E-state index contributed by atoms with van der Waals surface area (Å²) in [6, 6.07) is 7.16. The number of rotatable bonds is 5. The van der Waals surface area contributed by atoms with Gasteiger partial charge in [-0.3, -0.25) is 9.78 Å². The molecule has 1 fully saturated rings. The summed E-state index contributed by atoms with van der Waals surface area (Å²) >= 11 is 0. The number of nitrogens with zero attached hydrogens (tertiary/aromatic N) is 6. The summed E-state index contributed by atoms with van der Waals surface area (Å²) in [6.45, 7) is 6.47. The summed E-state index contributed by atoms with van der Waals surface area (Å²) in [5, 5.41) is 0.0245. The number of carbonyl (C=O) groups is 1. The number of aryl methyl sites for hydroxylation is 1. The second-order valence-corrected chi connectivity index (χ2v) is 11.9. The molecule has 0 spiro atoms. The van der Waals surface area contributed by atoms with Crippen LogP contribution in [0.25, 0.3) is 28.0 Å². The molecule has 42 heavy (non-hydrogen) atoms. The molecule has 218 valence electrons. The van der Waals surface area contributed by atoms with E-state index < -0.39 is 50.6 Å². The van der Waals surface area contributed by atoms with Gasteiger partial charge in [-0.15, -0.1) is 0 Å². The zero-order valence-corrected chi connectivity index (χ0v) is 23.6. The third-order valence-electron chi connectivity index (χ3n) is 7.04. The summed E-state index contributed by atoms with van der Waals surface area (Å²) in [7, 11) is -3.90. The van der Waals surface area contributed by atoms with Crippen molar-refractivity contribution in [3.05, 3.63) is 82.8 Å². The molecule has 0 saturated carbocycles. The van der Waals surface area contributed by atoms with Crippen molar-refractivity contribution in [3.8, 4) is 16.9 Å². The zero-order valence-electron chi connectivity index (χ0n) is 22.8. The first-order valence-corrected chi connectivity index (χ1v) is 14.6. The van der Waals surface area contributed by atoms with E-state index >= 15 is 4.39 Å². The van der Waals surface area contributed by atoms with Crippen molar-refractivity contribution in [2.75, 3.05) is 30.8 Å². The van der Waals surface area contributed by atoms with Gasteiger partial charge in [-0.05, 0) is 38.1 Å². The van der Waals surface area contributed by atoms with Gasteiger partial charge < -0.3 is 9.80 Å². The number of piperazine rings is 1. The van der Waals surface area contributed by atoms with Crippen LogP contribution >= 0.6 is 0 Å². The van der Waals surface area contributed by atoms with Gasteiger partial charge in [0.1, 0.15) is 23.1 Å². The van der Waals surface area contributed by atoms with E-state index in [0.717, 1.165) is 23.0 Å². The Balaban J connectivity index is 1.82. The van der Waals surface area contributed by atoms with Crippen LogP contribution in [0.3, 0.4) is 0 Å². The highest BCUT2D eigenvalue weighted by Crippen LogP contribution is 2.33. The van der Waals surface area contributed by atoms with E-state index in [1.165, 1.54) is 42.3 Å². The molecule has 14 heteroatoms. The number of carbonyl (C=O) groups excluding carboxylic acids is 1. The summed E-state index contributed by atoms with van der Waals surface area (Å²) in [6.07, 6.45) is 2.24. The Morgan fingerprint density at radius 2 is 1.81 bits per heavy atom. The van der Waals surface area contributed by atoms with Gasteiger partial charge in [-0.1, -0.05) is 18.7 Å². The molecule has 1 amide bonds. The molecule has 1 atom stereocenters. The highest BCUT2D eigenvalue weighted by atomic mass is 32.2. The predicted octanol–water partition coefficient (Wildman–Crippen LogP) is 3.35. The number of benzene rings is 1. The number of halogens is 3. The van der Waals surface area contributed by atoms with Gasteiger partial charge in [0.2, 0.25) is 0 Å². The first kappa shape index (κ1) is 28.9. The molecule has 3 aromatic heterocycles. The first-order valence-electron chi connectivity index (χ1n) is 12.7. The van der Waals surface area contributed by atoms with Crippen molar-refractivity contribution in [2.45, 2.75) is 24.8 Å². The number of fused-ring (bicyclic) bond motifs is 1. The smallest absolute Gasteiger partial charge is 0.350 e. The van der Waals surface area contributed by atoms with E-state index in [4.69, 9.17) is 0 Å². The molecule has 1 aromatic carbocycles. The SMILES string of the molecule is C=C(F)C(=O)N1CCN(c2nc(=O)n(-c3c(S(C)(=O)=O)ccnc3C)c3nc(-c4ccccc4F)c(F)cc23)[C@@H](C)C1. The number of aromatic nitrogens is 4. The maximum atomic E-state index is 15.7.